The normalized spacial score (nSPS) is 14.1. The van der Waals surface area contributed by atoms with Crippen LogP contribution >= 0.6 is 0 Å². The van der Waals surface area contributed by atoms with E-state index in [1.54, 1.807) is 0 Å². The van der Waals surface area contributed by atoms with Gasteiger partial charge in [0, 0.05) is 11.1 Å². The van der Waals surface area contributed by atoms with Crippen LogP contribution in [0.25, 0.3) is 0 Å². The van der Waals surface area contributed by atoms with Gasteiger partial charge in [-0.1, -0.05) is 39.8 Å². The minimum atomic E-state index is -0.130. The summed E-state index contributed by atoms with van der Waals surface area (Å²) in [7, 11) is 0. The molecule has 0 saturated heterocycles. The third kappa shape index (κ3) is 2.20. The average Bonchev–Trinajstić information content (AvgIpc) is 2.01. The summed E-state index contributed by atoms with van der Waals surface area (Å²) in [6.45, 7) is 14.3. The first-order valence-electron chi connectivity index (χ1n) is 4.58. The Morgan fingerprint density at radius 1 is 1.50 bits per heavy atom. The van der Waals surface area contributed by atoms with Crippen molar-refractivity contribution in [3.05, 3.63) is 12.2 Å². The van der Waals surface area contributed by atoms with E-state index in [-0.39, 0.29) is 5.41 Å². The molecule has 1 nitrogen and oxygen atoms in total. The minimum absolute atomic E-state index is 0.130. The molecule has 1 atom stereocenters. The lowest BCUT2D eigenvalue weighted by atomic mass is 9.76. The van der Waals surface area contributed by atoms with Crippen LogP contribution < -0.4 is 0 Å². The van der Waals surface area contributed by atoms with Crippen LogP contribution in [0.2, 0.25) is 0 Å². The maximum absolute atomic E-state index is 7.97. The van der Waals surface area contributed by atoms with Crippen molar-refractivity contribution in [1.29, 1.82) is 5.41 Å². The maximum Gasteiger partial charge on any atom is 0.0229 e. The molecule has 12 heavy (non-hydrogen) atoms. The first kappa shape index (κ1) is 11.4. The van der Waals surface area contributed by atoms with Gasteiger partial charge in [-0.15, -0.1) is 0 Å². The molecule has 0 aromatic carbocycles. The van der Waals surface area contributed by atoms with E-state index < -0.39 is 0 Å². The Morgan fingerprint density at radius 3 is 2.17 bits per heavy atom. The first-order chi connectivity index (χ1) is 5.34. The van der Waals surface area contributed by atoms with Gasteiger partial charge in [-0.2, -0.15) is 0 Å². The second-order valence-corrected chi connectivity index (χ2v) is 4.13. The highest BCUT2D eigenvalue weighted by atomic mass is 14.5. The summed E-state index contributed by atoms with van der Waals surface area (Å²) in [6, 6.07) is 0. The highest BCUT2D eigenvalue weighted by Gasteiger charge is 2.27. The lowest BCUT2D eigenvalue weighted by molar-refractivity contribution is 0.563. The lowest BCUT2D eigenvalue weighted by Crippen LogP contribution is -2.29. The summed E-state index contributed by atoms with van der Waals surface area (Å²) in [6.07, 6.45) is 1.04. The molecule has 0 aliphatic carbocycles. The molecule has 0 aromatic rings. The molecular formula is C11H21N. The Kier molecular flexibility index (Phi) is 3.69. The van der Waals surface area contributed by atoms with E-state index in [0.29, 0.717) is 5.92 Å². The van der Waals surface area contributed by atoms with Crippen LogP contribution in [0.4, 0.5) is 0 Å². The molecular weight excluding hydrogens is 146 g/mol. The summed E-state index contributed by atoms with van der Waals surface area (Å²) in [5, 5.41) is 7.97. The van der Waals surface area contributed by atoms with Gasteiger partial charge in [0.15, 0.2) is 0 Å². The van der Waals surface area contributed by atoms with Gasteiger partial charge in [0.05, 0.1) is 0 Å². The van der Waals surface area contributed by atoms with Gasteiger partial charge in [0.1, 0.15) is 0 Å². The summed E-state index contributed by atoms with van der Waals surface area (Å²) in [5.41, 5.74) is 1.75. The van der Waals surface area contributed by atoms with Crippen molar-refractivity contribution in [3.63, 3.8) is 0 Å². The summed E-state index contributed by atoms with van der Waals surface area (Å²) in [5.74, 6) is 0.372. The van der Waals surface area contributed by atoms with E-state index in [1.807, 2.05) is 6.92 Å². The quantitative estimate of drug-likeness (QED) is 0.488. The molecule has 1 unspecified atom stereocenters. The summed E-state index contributed by atoms with van der Waals surface area (Å²) < 4.78 is 0. The highest BCUT2D eigenvalue weighted by molar-refractivity contribution is 5.91. The van der Waals surface area contributed by atoms with Crippen molar-refractivity contribution < 1.29 is 0 Å². The molecule has 1 N–H and O–H groups in total. The zero-order valence-electron chi connectivity index (χ0n) is 8.99. The fourth-order valence-electron chi connectivity index (χ4n) is 1.05. The Morgan fingerprint density at radius 2 is 1.92 bits per heavy atom. The van der Waals surface area contributed by atoms with Crippen molar-refractivity contribution in [2.75, 3.05) is 0 Å². The monoisotopic (exact) mass is 167 g/mol. The molecule has 0 bridgehead atoms. The average molecular weight is 167 g/mol. The second-order valence-electron chi connectivity index (χ2n) is 4.13. The fourth-order valence-corrected chi connectivity index (χ4v) is 1.05. The number of allylic oxidation sites excluding steroid dienone is 1. The second kappa shape index (κ2) is 3.88. The van der Waals surface area contributed by atoms with Crippen molar-refractivity contribution in [3.8, 4) is 0 Å². The molecule has 0 rings (SSSR count). The van der Waals surface area contributed by atoms with Gasteiger partial charge >= 0.3 is 0 Å². The topological polar surface area (TPSA) is 23.9 Å². The Bertz CT molecular complexity index is 189. The predicted octanol–water partition coefficient (Wildman–Crippen LogP) is 3.65. The van der Waals surface area contributed by atoms with Gasteiger partial charge in [-0.05, 0) is 19.3 Å². The standard InChI is InChI=1S/C11H21N/c1-7-9(4)10(12)11(5,6)8(2)3/h9,12H,2,7H2,1,3-6H3. The van der Waals surface area contributed by atoms with Gasteiger partial charge in [0.2, 0.25) is 0 Å². The SMILES string of the molecule is C=C(C)C(C)(C)C(=N)C(C)CC. The Balaban J connectivity index is 4.57. The van der Waals surface area contributed by atoms with E-state index >= 15 is 0 Å². The van der Waals surface area contributed by atoms with Gasteiger partial charge < -0.3 is 5.41 Å². The predicted molar refractivity (Wildman–Crippen MR) is 55.8 cm³/mol. The lowest BCUT2D eigenvalue weighted by Gasteiger charge is -2.29. The third-order valence-corrected chi connectivity index (χ3v) is 2.85. The van der Waals surface area contributed by atoms with E-state index in [4.69, 9.17) is 5.41 Å². The van der Waals surface area contributed by atoms with E-state index in [0.717, 1.165) is 17.7 Å². The van der Waals surface area contributed by atoms with E-state index in [9.17, 15) is 0 Å². The van der Waals surface area contributed by atoms with Crippen molar-refractivity contribution in [2.24, 2.45) is 11.3 Å². The number of hydrogen-bond donors (Lipinski definition) is 1. The van der Waals surface area contributed by atoms with Crippen LogP contribution in [0, 0.1) is 16.7 Å². The van der Waals surface area contributed by atoms with Crippen LogP contribution in [0.15, 0.2) is 12.2 Å². The summed E-state index contributed by atoms with van der Waals surface area (Å²) >= 11 is 0. The number of rotatable bonds is 4. The number of hydrogen-bond acceptors (Lipinski definition) is 1. The van der Waals surface area contributed by atoms with Gasteiger partial charge in [-0.25, -0.2) is 0 Å². The van der Waals surface area contributed by atoms with E-state index in [2.05, 4.69) is 34.3 Å². The minimum Gasteiger partial charge on any atom is -0.309 e. The first-order valence-corrected chi connectivity index (χ1v) is 4.58. The fraction of sp³-hybridized carbons (Fsp3) is 0.727. The van der Waals surface area contributed by atoms with Crippen molar-refractivity contribution in [2.45, 2.75) is 41.0 Å². The number of nitrogens with one attached hydrogen (secondary N) is 1. The van der Waals surface area contributed by atoms with E-state index in [1.165, 1.54) is 0 Å². The zero-order valence-corrected chi connectivity index (χ0v) is 8.99. The van der Waals surface area contributed by atoms with Gasteiger partial charge in [0.25, 0.3) is 0 Å². The Hall–Kier alpha value is -0.590. The maximum atomic E-state index is 7.97. The highest BCUT2D eigenvalue weighted by Crippen LogP contribution is 2.29. The third-order valence-electron chi connectivity index (χ3n) is 2.85. The van der Waals surface area contributed by atoms with Crippen molar-refractivity contribution >= 4 is 5.71 Å². The molecule has 1 heteroatoms. The Labute approximate surface area is 76.4 Å². The van der Waals surface area contributed by atoms with Crippen molar-refractivity contribution in [1.82, 2.24) is 0 Å². The molecule has 0 amide bonds. The molecule has 0 aromatic heterocycles. The molecule has 0 radical (unpaired) electrons. The van der Waals surface area contributed by atoms with Crippen LogP contribution in [-0.4, -0.2) is 5.71 Å². The van der Waals surface area contributed by atoms with Crippen LogP contribution in [-0.2, 0) is 0 Å². The molecule has 70 valence electrons. The zero-order chi connectivity index (χ0) is 9.94. The van der Waals surface area contributed by atoms with Crippen LogP contribution in [0.3, 0.4) is 0 Å². The molecule has 0 heterocycles. The molecule has 0 spiro atoms. The molecule has 0 saturated carbocycles. The van der Waals surface area contributed by atoms with Crippen LogP contribution in [0.1, 0.15) is 41.0 Å². The summed E-state index contributed by atoms with van der Waals surface area (Å²) in [4.78, 5) is 0. The molecule has 0 fully saturated rings. The van der Waals surface area contributed by atoms with Gasteiger partial charge in [-0.3, -0.25) is 0 Å². The molecule has 0 aliphatic rings. The largest absolute Gasteiger partial charge is 0.309 e. The molecule has 0 aliphatic heterocycles. The van der Waals surface area contributed by atoms with Crippen LogP contribution in [0.5, 0.6) is 0 Å². The smallest absolute Gasteiger partial charge is 0.0229 e.